The van der Waals surface area contributed by atoms with E-state index in [4.69, 9.17) is 0 Å². The lowest BCUT2D eigenvalue weighted by Gasteiger charge is -2.04. The summed E-state index contributed by atoms with van der Waals surface area (Å²) < 4.78 is 0.709. The third kappa shape index (κ3) is 3.82. The number of nitro benzene ring substituents is 1. The second kappa shape index (κ2) is 6.23. The lowest BCUT2D eigenvalue weighted by molar-refractivity contribution is -0.385. The van der Waals surface area contributed by atoms with Crippen LogP contribution in [0.15, 0.2) is 28.9 Å². The Morgan fingerprint density at radius 3 is 2.89 bits per heavy atom. The molecule has 1 aromatic carbocycles. The fourth-order valence-electron chi connectivity index (χ4n) is 1.66. The van der Waals surface area contributed by atoms with Gasteiger partial charge in [-0.25, -0.2) is 4.98 Å². The van der Waals surface area contributed by atoms with Crippen molar-refractivity contribution >= 4 is 33.0 Å². The predicted octanol–water partition coefficient (Wildman–Crippen LogP) is 3.41. The number of nitro groups is 1. The maximum atomic E-state index is 11.0. The van der Waals surface area contributed by atoms with Gasteiger partial charge in [0.15, 0.2) is 0 Å². The molecule has 1 aromatic heterocycles. The van der Waals surface area contributed by atoms with E-state index < -0.39 is 0 Å². The van der Waals surface area contributed by atoms with E-state index in [9.17, 15) is 10.1 Å². The van der Waals surface area contributed by atoms with Crippen molar-refractivity contribution < 1.29 is 4.92 Å². The van der Waals surface area contributed by atoms with E-state index in [1.807, 2.05) is 13.1 Å². The van der Waals surface area contributed by atoms with E-state index in [1.165, 1.54) is 6.07 Å². The molecule has 2 aromatic rings. The molecule has 19 heavy (non-hydrogen) atoms. The van der Waals surface area contributed by atoms with Crippen LogP contribution in [0.2, 0.25) is 0 Å². The van der Waals surface area contributed by atoms with Crippen LogP contribution in [0.5, 0.6) is 0 Å². The van der Waals surface area contributed by atoms with Gasteiger partial charge in [-0.3, -0.25) is 10.1 Å². The van der Waals surface area contributed by atoms with Crippen molar-refractivity contribution in [2.75, 3.05) is 0 Å². The maximum Gasteiger partial charge on any atom is 0.275 e. The van der Waals surface area contributed by atoms with Gasteiger partial charge in [0.05, 0.1) is 9.93 Å². The first-order chi connectivity index (χ1) is 9.06. The van der Waals surface area contributed by atoms with Crippen molar-refractivity contribution in [1.29, 1.82) is 0 Å². The Labute approximate surface area is 123 Å². The van der Waals surface area contributed by atoms with Crippen molar-refractivity contribution in [1.82, 2.24) is 10.3 Å². The van der Waals surface area contributed by atoms with Crippen LogP contribution >= 0.6 is 27.3 Å². The molecule has 0 aliphatic heterocycles. The summed E-state index contributed by atoms with van der Waals surface area (Å²) in [6.07, 6.45) is 1.82. The van der Waals surface area contributed by atoms with Gasteiger partial charge in [0.25, 0.3) is 5.69 Å². The Balaban J connectivity index is 2.01. The van der Waals surface area contributed by atoms with Crippen molar-refractivity contribution in [3.05, 3.63) is 54.4 Å². The molecular formula is C12H12BrN3O2S. The van der Waals surface area contributed by atoms with Crippen LogP contribution in [0, 0.1) is 17.0 Å². The number of hydrogen-bond donors (Lipinski definition) is 1. The fraction of sp³-hybridized carbons (Fsp3) is 0.250. The van der Waals surface area contributed by atoms with E-state index in [0.717, 1.165) is 9.88 Å². The molecule has 0 bridgehead atoms. The largest absolute Gasteiger partial charge is 0.307 e. The lowest BCUT2D eigenvalue weighted by Crippen LogP contribution is -2.13. The Kier molecular flexibility index (Phi) is 4.62. The van der Waals surface area contributed by atoms with Crippen LogP contribution in [0.4, 0.5) is 5.69 Å². The number of thiazole rings is 1. The zero-order valence-corrected chi connectivity index (χ0v) is 12.6. The van der Waals surface area contributed by atoms with E-state index in [-0.39, 0.29) is 10.6 Å². The molecule has 0 unspecified atom stereocenters. The highest BCUT2D eigenvalue weighted by molar-refractivity contribution is 9.10. The average molecular weight is 342 g/mol. The van der Waals surface area contributed by atoms with E-state index >= 15 is 0 Å². The summed E-state index contributed by atoms with van der Waals surface area (Å²) in [5.41, 5.74) is 0.803. The van der Waals surface area contributed by atoms with Crippen LogP contribution in [0.25, 0.3) is 0 Å². The van der Waals surface area contributed by atoms with Crippen molar-refractivity contribution in [2.45, 2.75) is 20.0 Å². The summed E-state index contributed by atoms with van der Waals surface area (Å²) in [7, 11) is 0. The van der Waals surface area contributed by atoms with Gasteiger partial charge in [-0.2, -0.15) is 0 Å². The van der Waals surface area contributed by atoms with Gasteiger partial charge >= 0.3 is 0 Å². The Hall–Kier alpha value is -1.31. The molecule has 0 saturated carbocycles. The number of aryl methyl sites for hydroxylation is 1. The molecule has 0 spiro atoms. The minimum absolute atomic E-state index is 0.127. The molecule has 1 heterocycles. The molecule has 2 rings (SSSR count). The predicted molar refractivity (Wildman–Crippen MR) is 78.2 cm³/mol. The second-order valence-corrected chi connectivity index (χ2v) is 6.21. The third-order valence-corrected chi connectivity index (χ3v) is 3.93. The summed E-state index contributed by atoms with van der Waals surface area (Å²) >= 11 is 4.86. The number of nitrogens with zero attached hydrogens (tertiary/aromatic N) is 2. The molecule has 1 N–H and O–H groups in total. The maximum absolute atomic E-state index is 11.0. The van der Waals surface area contributed by atoms with Gasteiger partial charge in [0, 0.05) is 40.3 Å². The van der Waals surface area contributed by atoms with Crippen LogP contribution in [-0.2, 0) is 13.1 Å². The minimum atomic E-state index is -0.362. The second-order valence-electron chi connectivity index (χ2n) is 3.98. The molecule has 0 aliphatic rings. The topological polar surface area (TPSA) is 68.1 Å². The first kappa shape index (κ1) is 14.1. The molecule has 100 valence electrons. The van der Waals surface area contributed by atoms with E-state index in [1.54, 1.807) is 23.5 Å². The highest BCUT2D eigenvalue weighted by Crippen LogP contribution is 2.23. The standard InChI is InChI=1S/C12H12BrN3O2S/c1-8-15-7-11(19-8)6-14-5-9-2-3-10(13)4-12(9)16(17)18/h2-4,7,14H,5-6H2,1H3. The Bertz CT molecular complexity index is 600. The summed E-state index contributed by atoms with van der Waals surface area (Å²) in [5, 5.41) is 15.2. The minimum Gasteiger partial charge on any atom is -0.307 e. The number of benzene rings is 1. The van der Waals surface area contributed by atoms with Crippen LogP contribution in [0.3, 0.4) is 0 Å². The smallest absolute Gasteiger partial charge is 0.275 e. The normalized spacial score (nSPS) is 10.6. The first-order valence-corrected chi connectivity index (χ1v) is 7.22. The quantitative estimate of drug-likeness (QED) is 0.668. The number of rotatable bonds is 5. The zero-order chi connectivity index (χ0) is 13.8. The summed E-state index contributed by atoms with van der Waals surface area (Å²) in [6.45, 7) is 3.08. The Morgan fingerprint density at radius 1 is 1.47 bits per heavy atom. The fourth-order valence-corrected chi connectivity index (χ4v) is 2.78. The van der Waals surface area contributed by atoms with Crippen LogP contribution < -0.4 is 5.32 Å². The molecule has 0 atom stereocenters. The highest BCUT2D eigenvalue weighted by atomic mass is 79.9. The molecule has 0 radical (unpaired) electrons. The summed E-state index contributed by atoms with van der Waals surface area (Å²) in [5.74, 6) is 0. The summed E-state index contributed by atoms with van der Waals surface area (Å²) in [4.78, 5) is 15.9. The first-order valence-electron chi connectivity index (χ1n) is 5.61. The van der Waals surface area contributed by atoms with Gasteiger partial charge < -0.3 is 5.32 Å². The van der Waals surface area contributed by atoms with Gasteiger partial charge in [0.2, 0.25) is 0 Å². The van der Waals surface area contributed by atoms with Crippen molar-refractivity contribution in [2.24, 2.45) is 0 Å². The average Bonchev–Trinajstić information content (AvgIpc) is 2.77. The molecule has 0 saturated heterocycles. The van der Waals surface area contributed by atoms with Gasteiger partial charge in [-0.15, -0.1) is 11.3 Å². The monoisotopic (exact) mass is 341 g/mol. The third-order valence-electron chi connectivity index (χ3n) is 2.53. The number of hydrogen-bond acceptors (Lipinski definition) is 5. The molecule has 5 nitrogen and oxygen atoms in total. The van der Waals surface area contributed by atoms with Gasteiger partial charge in [-0.1, -0.05) is 15.9 Å². The molecule has 0 amide bonds. The van der Waals surface area contributed by atoms with Crippen LogP contribution in [0.1, 0.15) is 15.4 Å². The SMILES string of the molecule is Cc1ncc(CNCc2ccc(Br)cc2[N+](=O)[O-])s1. The molecule has 7 heteroatoms. The number of nitrogens with one attached hydrogen (secondary N) is 1. The van der Waals surface area contributed by atoms with Gasteiger partial charge in [0.1, 0.15) is 0 Å². The number of aromatic nitrogens is 1. The lowest BCUT2D eigenvalue weighted by atomic mass is 10.2. The molecular weight excluding hydrogens is 330 g/mol. The van der Waals surface area contributed by atoms with E-state index in [2.05, 4.69) is 26.2 Å². The molecule has 0 fully saturated rings. The van der Waals surface area contributed by atoms with Crippen molar-refractivity contribution in [3.63, 3.8) is 0 Å². The van der Waals surface area contributed by atoms with E-state index in [0.29, 0.717) is 23.1 Å². The van der Waals surface area contributed by atoms with Crippen LogP contribution in [-0.4, -0.2) is 9.91 Å². The zero-order valence-electron chi connectivity index (χ0n) is 10.2. The van der Waals surface area contributed by atoms with Gasteiger partial charge in [-0.05, 0) is 19.1 Å². The van der Waals surface area contributed by atoms with Crippen molar-refractivity contribution in [3.8, 4) is 0 Å². The number of halogens is 1. The molecule has 0 aliphatic carbocycles. The highest BCUT2D eigenvalue weighted by Gasteiger charge is 2.13. The summed E-state index contributed by atoms with van der Waals surface area (Å²) in [6, 6.07) is 5.09. The Morgan fingerprint density at radius 2 is 2.26 bits per heavy atom.